The molecule has 2 atom stereocenters. The van der Waals surface area contributed by atoms with E-state index >= 15 is 0 Å². The molecular formula is C24H20F3N7OS. The van der Waals surface area contributed by atoms with Gasteiger partial charge in [0.1, 0.15) is 6.04 Å². The van der Waals surface area contributed by atoms with Gasteiger partial charge in [-0.05, 0) is 22.6 Å². The van der Waals surface area contributed by atoms with E-state index in [1.165, 1.54) is 12.1 Å². The van der Waals surface area contributed by atoms with E-state index in [1.54, 1.807) is 57.4 Å². The summed E-state index contributed by atoms with van der Waals surface area (Å²) >= 11 is 1.11. The third kappa shape index (κ3) is 4.60. The van der Waals surface area contributed by atoms with Crippen LogP contribution in [0.5, 0.6) is 0 Å². The molecule has 4 aromatic heterocycles. The Morgan fingerprint density at radius 3 is 2.50 bits per heavy atom. The maximum atomic E-state index is 13.4. The van der Waals surface area contributed by atoms with Crippen LogP contribution in [0.25, 0.3) is 27.9 Å². The van der Waals surface area contributed by atoms with Crippen LogP contribution < -0.4 is 11.1 Å². The van der Waals surface area contributed by atoms with Crippen LogP contribution in [0.3, 0.4) is 0 Å². The number of thiophene rings is 1. The molecule has 5 rings (SSSR count). The number of rotatable bonds is 6. The number of hydrogen-bond donors (Lipinski definition) is 2. The van der Waals surface area contributed by atoms with E-state index in [2.05, 4.69) is 20.5 Å². The molecule has 1 aromatic carbocycles. The molecule has 0 bridgehead atoms. The number of aryl methyl sites for hydroxylation is 1. The van der Waals surface area contributed by atoms with Crippen LogP contribution in [0.4, 0.5) is 13.2 Å². The van der Waals surface area contributed by atoms with Gasteiger partial charge in [0, 0.05) is 42.3 Å². The summed E-state index contributed by atoms with van der Waals surface area (Å²) in [5, 5.41) is 12.7. The van der Waals surface area contributed by atoms with Gasteiger partial charge in [-0.25, -0.2) is 9.50 Å². The lowest BCUT2D eigenvalue weighted by Gasteiger charge is -2.27. The van der Waals surface area contributed by atoms with Crippen LogP contribution in [-0.2, 0) is 7.05 Å². The lowest BCUT2D eigenvalue weighted by atomic mass is 9.99. The number of nitrogens with one attached hydrogen (secondary N) is 1. The maximum absolute atomic E-state index is 13.4. The summed E-state index contributed by atoms with van der Waals surface area (Å²) in [7, 11) is 1.82. The van der Waals surface area contributed by atoms with Crippen LogP contribution >= 0.6 is 11.3 Å². The Balaban J connectivity index is 1.40. The first-order valence-electron chi connectivity index (χ1n) is 10.8. The second-order valence-corrected chi connectivity index (χ2v) is 9.11. The normalized spacial score (nSPS) is 13.6. The molecule has 8 nitrogen and oxygen atoms in total. The summed E-state index contributed by atoms with van der Waals surface area (Å²) < 4.78 is 43.6. The molecule has 0 fully saturated rings. The number of carbonyl (C=O) groups excluding carboxylic acids is 1. The average molecular weight is 512 g/mol. The number of alkyl halides is 3. The predicted molar refractivity (Wildman–Crippen MR) is 129 cm³/mol. The van der Waals surface area contributed by atoms with Crippen molar-refractivity contribution in [2.24, 2.45) is 12.8 Å². The number of nitrogens with zero attached hydrogens (tertiary/aromatic N) is 5. The first-order chi connectivity index (χ1) is 17.2. The SMILES string of the molecule is Cn1cc(-c2cnc3c(-c4csc(C(=O)N[C@H](c5ccccc5)C(N)C(F)(F)F)c4)cnn3c2)cn1. The average Bonchev–Trinajstić information content (AvgIpc) is 3.61. The number of benzene rings is 1. The van der Waals surface area contributed by atoms with Crippen LogP contribution in [0.1, 0.15) is 21.3 Å². The molecule has 1 unspecified atom stereocenters. The van der Waals surface area contributed by atoms with Gasteiger partial charge in [0.15, 0.2) is 5.65 Å². The largest absolute Gasteiger partial charge is 0.405 e. The van der Waals surface area contributed by atoms with E-state index in [1.807, 2.05) is 19.4 Å². The summed E-state index contributed by atoms with van der Waals surface area (Å²) in [4.78, 5) is 17.7. The molecule has 0 aliphatic carbocycles. The smallest absolute Gasteiger partial charge is 0.343 e. The Labute approximate surface area is 207 Å². The molecule has 0 saturated carbocycles. The van der Waals surface area contributed by atoms with Gasteiger partial charge >= 0.3 is 6.18 Å². The van der Waals surface area contributed by atoms with Gasteiger partial charge in [-0.15, -0.1) is 11.3 Å². The Kier molecular flexibility index (Phi) is 6.06. The Hall–Kier alpha value is -4.03. The highest BCUT2D eigenvalue weighted by atomic mass is 32.1. The van der Waals surface area contributed by atoms with Gasteiger partial charge in [-0.1, -0.05) is 30.3 Å². The lowest BCUT2D eigenvalue weighted by molar-refractivity contribution is -0.153. The third-order valence-corrected chi connectivity index (χ3v) is 6.64. The predicted octanol–water partition coefficient (Wildman–Crippen LogP) is 4.22. The molecule has 5 aromatic rings. The molecule has 0 spiro atoms. The summed E-state index contributed by atoms with van der Waals surface area (Å²) in [5.74, 6) is -0.650. The minimum absolute atomic E-state index is 0.242. The minimum Gasteiger partial charge on any atom is -0.343 e. The molecule has 0 aliphatic heterocycles. The van der Waals surface area contributed by atoms with E-state index in [9.17, 15) is 18.0 Å². The van der Waals surface area contributed by atoms with E-state index in [4.69, 9.17) is 5.73 Å². The van der Waals surface area contributed by atoms with Gasteiger partial charge in [0.2, 0.25) is 0 Å². The molecular weight excluding hydrogens is 491 g/mol. The van der Waals surface area contributed by atoms with Crippen LogP contribution in [0, 0.1) is 0 Å². The molecule has 0 saturated heterocycles. The quantitative estimate of drug-likeness (QED) is 0.355. The van der Waals surface area contributed by atoms with Crippen molar-refractivity contribution >= 4 is 22.9 Å². The number of carbonyl (C=O) groups is 1. The van der Waals surface area contributed by atoms with E-state index < -0.39 is 24.2 Å². The highest BCUT2D eigenvalue weighted by Gasteiger charge is 2.43. The van der Waals surface area contributed by atoms with Gasteiger partial charge in [-0.3, -0.25) is 9.48 Å². The van der Waals surface area contributed by atoms with Gasteiger partial charge < -0.3 is 11.1 Å². The van der Waals surface area contributed by atoms with Gasteiger partial charge in [0.05, 0.1) is 23.3 Å². The second kappa shape index (κ2) is 9.21. The number of hydrogen-bond acceptors (Lipinski definition) is 6. The topological polar surface area (TPSA) is 103 Å². The standard InChI is InChI=1S/C24H20F3N7OS/c1-33-11-17(9-30-33)16-8-29-22-18(10-31-34(22)12-16)15-7-19(36-13-15)23(35)32-20(21(28)24(25,26)27)14-5-3-2-4-6-14/h2-13,20-21H,28H2,1H3,(H,32,35)/t20-,21?/m1/s1. The van der Waals surface area contributed by atoms with Crippen LogP contribution in [0.15, 0.2) is 72.8 Å². The van der Waals surface area contributed by atoms with Crippen molar-refractivity contribution in [3.05, 3.63) is 83.2 Å². The molecule has 1 amide bonds. The van der Waals surface area contributed by atoms with Crippen molar-refractivity contribution in [1.29, 1.82) is 0 Å². The van der Waals surface area contributed by atoms with Crippen molar-refractivity contribution in [3.8, 4) is 22.3 Å². The third-order valence-electron chi connectivity index (χ3n) is 5.71. The summed E-state index contributed by atoms with van der Waals surface area (Å²) in [6.07, 6.45) is 4.07. The zero-order valence-electron chi connectivity index (χ0n) is 18.8. The number of aromatic nitrogens is 5. The summed E-state index contributed by atoms with van der Waals surface area (Å²) in [6, 6.07) is 5.78. The van der Waals surface area contributed by atoms with Gasteiger partial charge in [0.25, 0.3) is 5.91 Å². The van der Waals surface area contributed by atoms with Crippen molar-refractivity contribution in [3.63, 3.8) is 0 Å². The van der Waals surface area contributed by atoms with E-state index in [0.717, 1.165) is 22.5 Å². The molecule has 4 heterocycles. The first kappa shape index (κ1) is 23.7. The first-order valence-corrected chi connectivity index (χ1v) is 11.7. The zero-order chi connectivity index (χ0) is 25.4. The highest BCUT2D eigenvalue weighted by Crippen LogP contribution is 2.32. The molecule has 12 heteroatoms. The van der Waals surface area contributed by atoms with E-state index in [-0.39, 0.29) is 10.4 Å². The molecule has 36 heavy (non-hydrogen) atoms. The van der Waals surface area contributed by atoms with Crippen LogP contribution in [-0.4, -0.2) is 42.5 Å². The summed E-state index contributed by atoms with van der Waals surface area (Å²) in [6.45, 7) is 0. The maximum Gasteiger partial charge on any atom is 0.405 e. The summed E-state index contributed by atoms with van der Waals surface area (Å²) in [5.41, 5.74) is 9.43. The van der Waals surface area contributed by atoms with Crippen molar-refractivity contribution in [2.45, 2.75) is 18.3 Å². The van der Waals surface area contributed by atoms with Gasteiger partial charge in [-0.2, -0.15) is 23.4 Å². The zero-order valence-corrected chi connectivity index (χ0v) is 19.7. The molecule has 184 valence electrons. The fraction of sp³-hybridized carbons (Fsp3) is 0.167. The highest BCUT2D eigenvalue weighted by molar-refractivity contribution is 7.12. The van der Waals surface area contributed by atoms with Crippen molar-refractivity contribution in [1.82, 2.24) is 29.7 Å². The molecule has 0 aliphatic rings. The molecule has 0 radical (unpaired) electrons. The number of amides is 1. The number of nitrogens with two attached hydrogens (primary N) is 1. The monoisotopic (exact) mass is 511 g/mol. The second-order valence-electron chi connectivity index (χ2n) is 8.20. The Morgan fingerprint density at radius 1 is 1.06 bits per heavy atom. The lowest BCUT2D eigenvalue weighted by Crippen LogP contribution is -2.49. The minimum atomic E-state index is -4.69. The van der Waals surface area contributed by atoms with Crippen molar-refractivity contribution < 1.29 is 18.0 Å². The van der Waals surface area contributed by atoms with Crippen LogP contribution in [0.2, 0.25) is 0 Å². The molecule has 3 N–H and O–H groups in total. The van der Waals surface area contributed by atoms with Crippen molar-refractivity contribution in [2.75, 3.05) is 0 Å². The Morgan fingerprint density at radius 2 is 1.81 bits per heavy atom. The van der Waals surface area contributed by atoms with E-state index in [0.29, 0.717) is 16.8 Å². The Bertz CT molecular complexity index is 1520. The number of halogens is 3. The number of fused-ring (bicyclic) bond motifs is 1. The fourth-order valence-corrected chi connectivity index (χ4v) is 4.65. The fourth-order valence-electron chi connectivity index (χ4n) is 3.84.